The van der Waals surface area contributed by atoms with Crippen molar-refractivity contribution in [2.75, 3.05) is 0 Å². The quantitative estimate of drug-likeness (QED) is 0.712. The number of carbonyl (C=O) groups excluding carboxylic acids is 1. The van der Waals surface area contributed by atoms with Crippen molar-refractivity contribution in [3.63, 3.8) is 0 Å². The van der Waals surface area contributed by atoms with E-state index < -0.39 is 23.3 Å². The van der Waals surface area contributed by atoms with Crippen molar-refractivity contribution in [2.24, 2.45) is 0 Å². The molecule has 0 aliphatic heterocycles. The maximum atomic E-state index is 13.1. The topological polar surface area (TPSA) is 66.8 Å². The highest BCUT2D eigenvalue weighted by atomic mass is 19.1. The summed E-state index contributed by atoms with van der Waals surface area (Å²) in [5, 5.41) is 20.8. The van der Waals surface area contributed by atoms with E-state index in [0.29, 0.717) is 19.3 Å². The second-order valence-electron chi connectivity index (χ2n) is 7.37. The lowest BCUT2D eigenvalue weighted by atomic mass is 9.88. The van der Waals surface area contributed by atoms with Crippen LogP contribution in [-0.4, -0.2) is 33.5 Å². The molecular weight excluding hydrogens is 311 g/mol. The second kappa shape index (κ2) is 8.58. The molecule has 4 nitrogen and oxygen atoms in total. The van der Waals surface area contributed by atoms with E-state index in [9.17, 15) is 19.4 Å². The van der Waals surface area contributed by atoms with Gasteiger partial charge in [-0.25, -0.2) is 4.39 Å². The van der Waals surface area contributed by atoms with E-state index in [1.165, 1.54) is 12.1 Å². The standard InChI is InChI=1S/C19H29FO4/c1-5-19(23,13-17(22)24-18(2,3)4)12-16(21)10-9-14-7-6-8-15(20)11-14/h6-8,11,16,21,23H,5,9-10,12-13H2,1-4H3. The summed E-state index contributed by atoms with van der Waals surface area (Å²) in [4.78, 5) is 11.9. The Morgan fingerprint density at radius 3 is 2.54 bits per heavy atom. The highest BCUT2D eigenvalue weighted by Gasteiger charge is 2.32. The summed E-state index contributed by atoms with van der Waals surface area (Å²) in [6.07, 6.45) is 0.380. The van der Waals surface area contributed by atoms with Crippen LogP contribution in [0.25, 0.3) is 0 Å². The molecule has 0 amide bonds. The number of ether oxygens (including phenoxy) is 1. The molecule has 5 heteroatoms. The Hall–Kier alpha value is -1.46. The van der Waals surface area contributed by atoms with Crippen LogP contribution >= 0.6 is 0 Å². The van der Waals surface area contributed by atoms with E-state index in [0.717, 1.165) is 5.56 Å². The number of aliphatic hydroxyl groups is 2. The van der Waals surface area contributed by atoms with Crippen LogP contribution < -0.4 is 0 Å². The maximum Gasteiger partial charge on any atom is 0.309 e. The molecule has 136 valence electrons. The van der Waals surface area contributed by atoms with Gasteiger partial charge < -0.3 is 14.9 Å². The van der Waals surface area contributed by atoms with Gasteiger partial charge in [-0.1, -0.05) is 19.1 Å². The van der Waals surface area contributed by atoms with Gasteiger partial charge in [0.15, 0.2) is 0 Å². The zero-order valence-corrected chi connectivity index (χ0v) is 15.0. The van der Waals surface area contributed by atoms with E-state index in [2.05, 4.69) is 0 Å². The molecule has 2 N–H and O–H groups in total. The molecule has 2 unspecified atom stereocenters. The molecule has 0 spiro atoms. The number of aryl methyl sites for hydroxylation is 1. The Morgan fingerprint density at radius 2 is 2.00 bits per heavy atom. The predicted octanol–water partition coefficient (Wildman–Crippen LogP) is 3.38. The molecule has 1 rings (SSSR count). The molecular formula is C19H29FO4. The second-order valence-corrected chi connectivity index (χ2v) is 7.37. The van der Waals surface area contributed by atoms with Crippen LogP contribution in [0, 0.1) is 5.82 Å². The van der Waals surface area contributed by atoms with Gasteiger partial charge in [0.25, 0.3) is 0 Å². The minimum atomic E-state index is -1.30. The van der Waals surface area contributed by atoms with E-state index in [1.807, 2.05) is 0 Å². The average Bonchev–Trinajstić information content (AvgIpc) is 2.43. The number of halogens is 1. The Balaban J connectivity index is 2.54. The average molecular weight is 340 g/mol. The Morgan fingerprint density at radius 1 is 1.33 bits per heavy atom. The Bertz CT molecular complexity index is 538. The predicted molar refractivity (Wildman–Crippen MR) is 91.0 cm³/mol. The van der Waals surface area contributed by atoms with Crippen molar-refractivity contribution in [2.45, 2.75) is 77.1 Å². The third-order valence-electron chi connectivity index (χ3n) is 3.82. The van der Waals surface area contributed by atoms with Gasteiger partial charge >= 0.3 is 5.97 Å². The molecule has 0 saturated heterocycles. The van der Waals surface area contributed by atoms with E-state index >= 15 is 0 Å². The first-order chi connectivity index (χ1) is 11.0. The van der Waals surface area contributed by atoms with Gasteiger partial charge in [0.1, 0.15) is 11.4 Å². The summed E-state index contributed by atoms with van der Waals surface area (Å²) < 4.78 is 18.4. The van der Waals surface area contributed by atoms with Gasteiger partial charge in [-0.2, -0.15) is 0 Å². The number of esters is 1. The number of benzene rings is 1. The van der Waals surface area contributed by atoms with Gasteiger partial charge in [-0.15, -0.1) is 0 Å². The first-order valence-corrected chi connectivity index (χ1v) is 8.40. The summed E-state index contributed by atoms with van der Waals surface area (Å²) in [6, 6.07) is 6.22. The molecule has 0 fully saturated rings. The molecule has 1 aromatic rings. The van der Waals surface area contributed by atoms with Gasteiger partial charge in [-0.05, 0) is 57.7 Å². The SMILES string of the molecule is CCC(O)(CC(=O)OC(C)(C)C)CC(O)CCc1cccc(F)c1. The minimum Gasteiger partial charge on any atom is -0.460 e. The normalized spacial score (nSPS) is 15.6. The molecule has 0 saturated carbocycles. The van der Waals surface area contributed by atoms with Gasteiger partial charge in [-0.3, -0.25) is 4.79 Å². The summed E-state index contributed by atoms with van der Waals surface area (Å²) in [5.41, 5.74) is -1.12. The van der Waals surface area contributed by atoms with Crippen molar-refractivity contribution >= 4 is 5.97 Å². The van der Waals surface area contributed by atoms with Crippen LogP contribution in [0.2, 0.25) is 0 Å². The van der Waals surface area contributed by atoms with Gasteiger partial charge in [0.2, 0.25) is 0 Å². The zero-order valence-electron chi connectivity index (χ0n) is 15.0. The maximum absolute atomic E-state index is 13.1. The van der Waals surface area contributed by atoms with E-state index in [-0.39, 0.29) is 18.7 Å². The molecule has 24 heavy (non-hydrogen) atoms. The van der Waals surface area contributed by atoms with E-state index in [1.54, 1.807) is 39.8 Å². The van der Waals surface area contributed by atoms with Crippen molar-refractivity contribution < 1.29 is 24.1 Å². The molecule has 0 radical (unpaired) electrons. The minimum absolute atomic E-state index is 0.0814. The van der Waals surface area contributed by atoms with Crippen LogP contribution in [0.15, 0.2) is 24.3 Å². The highest BCUT2D eigenvalue weighted by molar-refractivity contribution is 5.71. The Kier molecular flexibility index (Phi) is 7.36. The third kappa shape index (κ3) is 7.88. The lowest BCUT2D eigenvalue weighted by molar-refractivity contribution is -0.161. The van der Waals surface area contributed by atoms with Crippen LogP contribution in [0.5, 0.6) is 0 Å². The fraction of sp³-hybridized carbons (Fsp3) is 0.632. The number of rotatable bonds is 8. The lowest BCUT2D eigenvalue weighted by Gasteiger charge is -2.30. The summed E-state index contributed by atoms with van der Waals surface area (Å²) >= 11 is 0. The summed E-state index contributed by atoms with van der Waals surface area (Å²) in [6.45, 7) is 7.07. The molecule has 0 aromatic heterocycles. The fourth-order valence-corrected chi connectivity index (χ4v) is 2.55. The van der Waals surface area contributed by atoms with Gasteiger partial charge in [0, 0.05) is 6.42 Å². The van der Waals surface area contributed by atoms with Crippen LogP contribution in [0.3, 0.4) is 0 Å². The first-order valence-electron chi connectivity index (χ1n) is 8.40. The summed E-state index contributed by atoms with van der Waals surface area (Å²) in [7, 11) is 0. The van der Waals surface area contributed by atoms with Crippen molar-refractivity contribution in [1.29, 1.82) is 0 Å². The van der Waals surface area contributed by atoms with Gasteiger partial charge in [0.05, 0.1) is 18.1 Å². The number of hydrogen-bond acceptors (Lipinski definition) is 4. The first kappa shape index (κ1) is 20.6. The number of hydrogen-bond donors (Lipinski definition) is 2. The third-order valence-corrected chi connectivity index (χ3v) is 3.82. The molecule has 0 aliphatic rings. The molecule has 2 atom stereocenters. The largest absolute Gasteiger partial charge is 0.460 e. The lowest BCUT2D eigenvalue weighted by Crippen LogP contribution is -2.37. The Labute approximate surface area is 143 Å². The van der Waals surface area contributed by atoms with Crippen molar-refractivity contribution in [3.8, 4) is 0 Å². The van der Waals surface area contributed by atoms with Crippen LogP contribution in [0.1, 0.15) is 58.9 Å². The highest BCUT2D eigenvalue weighted by Crippen LogP contribution is 2.25. The molecule has 0 heterocycles. The van der Waals surface area contributed by atoms with Crippen molar-refractivity contribution in [3.05, 3.63) is 35.6 Å². The van der Waals surface area contributed by atoms with Crippen LogP contribution in [-0.2, 0) is 16.0 Å². The number of carbonyl (C=O) groups is 1. The van der Waals surface area contributed by atoms with Crippen molar-refractivity contribution in [1.82, 2.24) is 0 Å². The molecule has 0 aliphatic carbocycles. The monoisotopic (exact) mass is 340 g/mol. The fourth-order valence-electron chi connectivity index (χ4n) is 2.55. The number of aliphatic hydroxyl groups excluding tert-OH is 1. The molecule has 0 bridgehead atoms. The molecule has 1 aromatic carbocycles. The van der Waals surface area contributed by atoms with E-state index in [4.69, 9.17) is 4.74 Å². The summed E-state index contributed by atoms with van der Waals surface area (Å²) in [5.74, 6) is -0.791. The smallest absolute Gasteiger partial charge is 0.309 e. The van der Waals surface area contributed by atoms with Crippen LogP contribution in [0.4, 0.5) is 4.39 Å². The zero-order chi connectivity index (χ0) is 18.4.